The SMILES string of the molecule is Cn1nnc(-c2ccc(-c3ccc(N4C[C@H](CN)OC4=O)cc3F)cn2)n1. The van der Waals surface area contributed by atoms with Gasteiger partial charge in [0.1, 0.15) is 17.6 Å². The van der Waals surface area contributed by atoms with Crippen LogP contribution in [0.5, 0.6) is 0 Å². The van der Waals surface area contributed by atoms with E-state index in [2.05, 4.69) is 20.4 Å². The summed E-state index contributed by atoms with van der Waals surface area (Å²) in [5.74, 6) is -0.0782. The highest BCUT2D eigenvalue weighted by Gasteiger charge is 2.31. The van der Waals surface area contributed by atoms with Crippen molar-refractivity contribution in [3.05, 3.63) is 42.3 Å². The molecule has 2 N–H and O–H groups in total. The van der Waals surface area contributed by atoms with Gasteiger partial charge < -0.3 is 10.5 Å². The molecule has 3 heterocycles. The fraction of sp³-hybridized carbons (Fsp3) is 0.235. The lowest BCUT2D eigenvalue weighted by Gasteiger charge is -2.14. The van der Waals surface area contributed by atoms with E-state index < -0.39 is 11.9 Å². The number of amides is 1. The third-order valence-electron chi connectivity index (χ3n) is 4.21. The van der Waals surface area contributed by atoms with Gasteiger partial charge in [0, 0.05) is 23.9 Å². The van der Waals surface area contributed by atoms with Gasteiger partial charge in [-0.15, -0.1) is 10.2 Å². The molecule has 1 aliphatic rings. The summed E-state index contributed by atoms with van der Waals surface area (Å²) in [7, 11) is 1.66. The van der Waals surface area contributed by atoms with Gasteiger partial charge in [0.25, 0.3) is 0 Å². The van der Waals surface area contributed by atoms with E-state index in [1.807, 2.05) is 0 Å². The normalized spacial score (nSPS) is 16.6. The largest absolute Gasteiger partial charge is 0.443 e. The molecule has 10 heteroatoms. The van der Waals surface area contributed by atoms with Gasteiger partial charge in [-0.05, 0) is 29.5 Å². The maximum atomic E-state index is 14.7. The number of benzene rings is 1. The van der Waals surface area contributed by atoms with Gasteiger partial charge in [0.05, 0.1) is 19.3 Å². The zero-order chi connectivity index (χ0) is 19.0. The molecule has 1 amide bonds. The second-order valence-electron chi connectivity index (χ2n) is 6.05. The Labute approximate surface area is 153 Å². The molecule has 27 heavy (non-hydrogen) atoms. The van der Waals surface area contributed by atoms with Crippen LogP contribution in [0.1, 0.15) is 0 Å². The Bertz CT molecular complexity index is 989. The second kappa shape index (κ2) is 6.72. The Morgan fingerprint density at radius 3 is 2.78 bits per heavy atom. The molecule has 1 atom stereocenters. The van der Waals surface area contributed by atoms with Gasteiger partial charge >= 0.3 is 6.09 Å². The number of pyridine rings is 1. The average molecular weight is 369 g/mol. The van der Waals surface area contributed by atoms with E-state index >= 15 is 0 Å². The second-order valence-corrected chi connectivity index (χ2v) is 6.05. The predicted molar refractivity (Wildman–Crippen MR) is 94.1 cm³/mol. The predicted octanol–water partition coefficient (Wildman–Crippen LogP) is 1.36. The van der Waals surface area contributed by atoms with E-state index in [1.165, 1.54) is 15.8 Å². The van der Waals surface area contributed by atoms with E-state index in [1.54, 1.807) is 37.5 Å². The Hall–Kier alpha value is -3.40. The summed E-state index contributed by atoms with van der Waals surface area (Å²) in [6, 6.07) is 7.99. The number of halogens is 1. The molecule has 0 spiro atoms. The van der Waals surface area contributed by atoms with E-state index in [-0.39, 0.29) is 12.6 Å². The summed E-state index contributed by atoms with van der Waals surface area (Å²) in [5.41, 5.74) is 7.44. The van der Waals surface area contributed by atoms with Crippen molar-refractivity contribution in [2.24, 2.45) is 12.8 Å². The first kappa shape index (κ1) is 17.0. The number of anilines is 1. The fourth-order valence-corrected chi connectivity index (χ4v) is 2.83. The summed E-state index contributed by atoms with van der Waals surface area (Å²) in [6.45, 7) is 0.525. The Kier molecular flexibility index (Phi) is 4.24. The molecule has 1 aliphatic heterocycles. The number of nitrogens with zero attached hydrogens (tertiary/aromatic N) is 6. The number of cyclic esters (lactones) is 1. The van der Waals surface area contributed by atoms with Crippen LogP contribution in [-0.4, -0.2) is 50.5 Å². The van der Waals surface area contributed by atoms with Gasteiger partial charge in [-0.2, -0.15) is 4.80 Å². The van der Waals surface area contributed by atoms with E-state index in [4.69, 9.17) is 10.5 Å². The lowest BCUT2D eigenvalue weighted by atomic mass is 10.1. The van der Waals surface area contributed by atoms with Crippen molar-refractivity contribution in [2.75, 3.05) is 18.0 Å². The van der Waals surface area contributed by atoms with E-state index in [9.17, 15) is 9.18 Å². The Balaban J connectivity index is 1.58. The maximum Gasteiger partial charge on any atom is 0.414 e. The standard InChI is InChI=1S/C17H16FN7O2/c1-24-22-16(21-23-24)15-5-2-10(8-20-15)13-4-3-11(6-14(13)18)25-9-12(7-19)27-17(25)26/h2-6,8,12H,7,9,19H2,1H3/t12-/m0/s1. The minimum atomic E-state index is -0.528. The van der Waals surface area contributed by atoms with Crippen LogP contribution >= 0.6 is 0 Å². The van der Waals surface area contributed by atoms with E-state index in [0.717, 1.165) is 0 Å². The number of rotatable bonds is 4. The molecule has 0 bridgehead atoms. The minimum Gasteiger partial charge on any atom is -0.443 e. The molecule has 1 aromatic carbocycles. The highest BCUT2D eigenvalue weighted by Crippen LogP contribution is 2.29. The molecule has 9 nitrogen and oxygen atoms in total. The van der Waals surface area contributed by atoms with Gasteiger partial charge in [-0.3, -0.25) is 9.88 Å². The van der Waals surface area contributed by atoms with Crippen molar-refractivity contribution in [1.29, 1.82) is 0 Å². The molecule has 2 aromatic heterocycles. The number of tetrazole rings is 1. The van der Waals surface area contributed by atoms with Crippen LogP contribution in [0, 0.1) is 5.82 Å². The zero-order valence-corrected chi connectivity index (χ0v) is 14.4. The van der Waals surface area contributed by atoms with Crippen molar-refractivity contribution in [3.63, 3.8) is 0 Å². The Morgan fingerprint density at radius 2 is 2.19 bits per heavy atom. The lowest BCUT2D eigenvalue weighted by molar-refractivity contribution is 0.145. The molecular formula is C17H16FN7O2. The van der Waals surface area contributed by atoms with Crippen LogP contribution in [0.2, 0.25) is 0 Å². The quantitative estimate of drug-likeness (QED) is 0.739. The number of aryl methyl sites for hydroxylation is 1. The smallest absolute Gasteiger partial charge is 0.414 e. The first-order valence-corrected chi connectivity index (χ1v) is 8.23. The molecule has 4 rings (SSSR count). The van der Waals surface area contributed by atoms with Crippen LogP contribution in [0.25, 0.3) is 22.6 Å². The number of carbonyl (C=O) groups is 1. The van der Waals surface area contributed by atoms with Gasteiger partial charge in [-0.1, -0.05) is 6.07 Å². The van der Waals surface area contributed by atoms with Gasteiger partial charge in [0.2, 0.25) is 5.82 Å². The van der Waals surface area contributed by atoms with Crippen molar-refractivity contribution >= 4 is 11.8 Å². The number of aromatic nitrogens is 5. The number of ether oxygens (including phenoxy) is 1. The molecular weight excluding hydrogens is 353 g/mol. The van der Waals surface area contributed by atoms with Crippen LogP contribution < -0.4 is 10.6 Å². The van der Waals surface area contributed by atoms with Crippen LogP contribution in [0.15, 0.2) is 36.5 Å². The number of hydrogen-bond donors (Lipinski definition) is 1. The lowest BCUT2D eigenvalue weighted by Crippen LogP contribution is -2.27. The molecule has 0 radical (unpaired) electrons. The first-order valence-electron chi connectivity index (χ1n) is 8.23. The third kappa shape index (κ3) is 3.22. The summed E-state index contributed by atoms with van der Waals surface area (Å²) in [6.07, 6.45) is 0.630. The molecule has 1 fully saturated rings. The van der Waals surface area contributed by atoms with Crippen molar-refractivity contribution in [3.8, 4) is 22.6 Å². The molecule has 1 saturated heterocycles. The maximum absolute atomic E-state index is 14.7. The van der Waals surface area contributed by atoms with Crippen LogP contribution in [-0.2, 0) is 11.8 Å². The van der Waals surface area contributed by atoms with E-state index in [0.29, 0.717) is 34.9 Å². The highest BCUT2D eigenvalue weighted by atomic mass is 19.1. The summed E-state index contributed by atoms with van der Waals surface area (Å²) >= 11 is 0. The Morgan fingerprint density at radius 1 is 1.33 bits per heavy atom. The summed E-state index contributed by atoms with van der Waals surface area (Å²) < 4.78 is 19.8. The number of nitrogens with two attached hydrogens (primary N) is 1. The van der Waals surface area contributed by atoms with Crippen molar-refractivity contribution in [1.82, 2.24) is 25.2 Å². The number of hydrogen-bond acceptors (Lipinski definition) is 7. The monoisotopic (exact) mass is 369 g/mol. The molecule has 0 aliphatic carbocycles. The number of carbonyl (C=O) groups excluding carboxylic acids is 1. The van der Waals surface area contributed by atoms with Crippen molar-refractivity contribution < 1.29 is 13.9 Å². The van der Waals surface area contributed by atoms with Gasteiger partial charge in [0.15, 0.2) is 0 Å². The van der Waals surface area contributed by atoms with Crippen molar-refractivity contribution in [2.45, 2.75) is 6.10 Å². The molecule has 3 aromatic rings. The molecule has 0 saturated carbocycles. The average Bonchev–Trinajstić information content (AvgIpc) is 3.27. The minimum absolute atomic E-state index is 0.224. The highest BCUT2D eigenvalue weighted by molar-refractivity contribution is 5.90. The fourth-order valence-electron chi connectivity index (χ4n) is 2.83. The summed E-state index contributed by atoms with van der Waals surface area (Å²) in [4.78, 5) is 18.9. The zero-order valence-electron chi connectivity index (χ0n) is 14.4. The molecule has 138 valence electrons. The van der Waals surface area contributed by atoms with Crippen LogP contribution in [0.4, 0.5) is 14.9 Å². The van der Waals surface area contributed by atoms with Crippen LogP contribution in [0.3, 0.4) is 0 Å². The molecule has 0 unspecified atom stereocenters. The summed E-state index contributed by atoms with van der Waals surface area (Å²) in [5, 5.41) is 11.7. The topological polar surface area (TPSA) is 112 Å². The van der Waals surface area contributed by atoms with Gasteiger partial charge in [-0.25, -0.2) is 9.18 Å². The first-order chi connectivity index (χ1) is 13.0. The third-order valence-corrected chi connectivity index (χ3v) is 4.21.